The monoisotopic (exact) mass is 335 g/mol. The fourth-order valence-electron chi connectivity index (χ4n) is 1.90. The molecule has 0 atom stereocenters. The molecule has 0 N–H and O–H groups in total. The predicted octanol–water partition coefficient (Wildman–Crippen LogP) is 3.29. The van der Waals surface area contributed by atoms with E-state index in [1.54, 1.807) is 10.6 Å². The second-order valence-electron chi connectivity index (χ2n) is 3.87. The SMILES string of the molecule is CCn1c(-c2ccc(Cl)cc2C)[c-]ccc1=O.[Y]. The van der Waals surface area contributed by atoms with Crippen LogP contribution in [0.15, 0.2) is 35.1 Å². The fourth-order valence-corrected chi connectivity index (χ4v) is 2.13. The van der Waals surface area contributed by atoms with Gasteiger partial charge in [0.05, 0.1) is 0 Å². The van der Waals surface area contributed by atoms with Gasteiger partial charge in [-0.15, -0.1) is 6.07 Å². The molecule has 2 nitrogen and oxygen atoms in total. The van der Waals surface area contributed by atoms with Crippen molar-refractivity contribution in [2.75, 3.05) is 0 Å². The molecule has 0 amide bonds. The van der Waals surface area contributed by atoms with Gasteiger partial charge >= 0.3 is 0 Å². The Labute approximate surface area is 137 Å². The summed E-state index contributed by atoms with van der Waals surface area (Å²) in [5.41, 5.74) is 2.85. The van der Waals surface area contributed by atoms with Gasteiger partial charge in [-0.3, -0.25) is 4.79 Å². The Kier molecular flexibility index (Phi) is 5.77. The first-order chi connectivity index (χ1) is 8.13. The van der Waals surface area contributed by atoms with Crippen molar-refractivity contribution in [1.29, 1.82) is 0 Å². The van der Waals surface area contributed by atoms with Crippen molar-refractivity contribution >= 4 is 11.6 Å². The molecule has 0 unspecified atom stereocenters. The van der Waals surface area contributed by atoms with Crippen molar-refractivity contribution in [3.63, 3.8) is 0 Å². The number of aryl methyl sites for hydroxylation is 1. The Hall–Kier alpha value is -0.436. The third-order valence-corrected chi connectivity index (χ3v) is 2.98. The first-order valence-corrected chi connectivity index (χ1v) is 5.89. The Morgan fingerprint density at radius 2 is 2.06 bits per heavy atom. The third-order valence-electron chi connectivity index (χ3n) is 2.74. The molecule has 0 aliphatic heterocycles. The van der Waals surface area contributed by atoms with E-state index in [0.29, 0.717) is 11.6 Å². The van der Waals surface area contributed by atoms with Gasteiger partial charge in [0.25, 0.3) is 0 Å². The zero-order valence-corrected chi connectivity index (χ0v) is 14.0. The fraction of sp³-hybridized carbons (Fsp3) is 0.214. The van der Waals surface area contributed by atoms with Gasteiger partial charge in [-0.05, 0) is 6.92 Å². The van der Waals surface area contributed by atoms with Crippen LogP contribution < -0.4 is 5.56 Å². The molecule has 0 aliphatic carbocycles. The number of rotatable bonds is 2. The van der Waals surface area contributed by atoms with Gasteiger partial charge in [-0.1, -0.05) is 53.5 Å². The van der Waals surface area contributed by atoms with Crippen LogP contribution in [0.4, 0.5) is 0 Å². The summed E-state index contributed by atoms with van der Waals surface area (Å²) in [7, 11) is 0. The number of benzene rings is 1. The molecule has 91 valence electrons. The van der Waals surface area contributed by atoms with Crippen LogP contribution in [0.3, 0.4) is 0 Å². The molecule has 0 aliphatic rings. The second-order valence-corrected chi connectivity index (χ2v) is 4.30. The quantitative estimate of drug-likeness (QED) is 0.772. The Balaban J connectivity index is 0.00000162. The summed E-state index contributed by atoms with van der Waals surface area (Å²) in [4.78, 5) is 11.7. The van der Waals surface area contributed by atoms with Crippen molar-refractivity contribution in [1.82, 2.24) is 4.57 Å². The molecule has 0 saturated carbocycles. The van der Waals surface area contributed by atoms with Crippen molar-refractivity contribution in [2.45, 2.75) is 20.4 Å². The summed E-state index contributed by atoms with van der Waals surface area (Å²) in [6.45, 7) is 4.56. The van der Waals surface area contributed by atoms with E-state index in [4.69, 9.17) is 11.6 Å². The Morgan fingerprint density at radius 1 is 1.33 bits per heavy atom. The normalized spacial score (nSPS) is 9.94. The average Bonchev–Trinajstić information content (AvgIpc) is 2.29. The van der Waals surface area contributed by atoms with Crippen LogP contribution in [-0.4, -0.2) is 4.57 Å². The van der Waals surface area contributed by atoms with Crippen molar-refractivity contribution in [3.05, 3.63) is 57.3 Å². The van der Waals surface area contributed by atoms with Gasteiger partial charge in [-0.2, -0.15) is 12.1 Å². The number of aromatic nitrogens is 1. The maximum absolute atomic E-state index is 11.7. The topological polar surface area (TPSA) is 22.0 Å². The molecule has 1 heterocycles. The van der Waals surface area contributed by atoms with Crippen molar-refractivity contribution in [2.24, 2.45) is 0 Å². The molecule has 1 aromatic heterocycles. The molecule has 2 aromatic rings. The third kappa shape index (κ3) is 3.11. The minimum absolute atomic E-state index is 0. The largest absolute Gasteiger partial charge is 0.343 e. The molecule has 0 saturated heterocycles. The van der Waals surface area contributed by atoms with E-state index in [2.05, 4.69) is 6.07 Å². The van der Waals surface area contributed by atoms with Gasteiger partial charge in [-0.25, -0.2) is 0 Å². The zero-order valence-electron chi connectivity index (χ0n) is 10.4. The van der Waals surface area contributed by atoms with Gasteiger partial charge in [0, 0.05) is 44.3 Å². The minimum Gasteiger partial charge on any atom is -0.343 e. The molecule has 0 fully saturated rings. The first-order valence-electron chi connectivity index (χ1n) is 5.51. The Bertz CT molecular complexity index is 607. The van der Waals surface area contributed by atoms with E-state index in [9.17, 15) is 4.79 Å². The van der Waals surface area contributed by atoms with Crippen molar-refractivity contribution in [3.8, 4) is 11.3 Å². The summed E-state index contributed by atoms with van der Waals surface area (Å²) in [6.07, 6.45) is 0. The van der Waals surface area contributed by atoms with Crippen molar-refractivity contribution < 1.29 is 32.7 Å². The molecule has 0 spiro atoms. The molecule has 18 heavy (non-hydrogen) atoms. The second kappa shape index (κ2) is 6.65. The Morgan fingerprint density at radius 3 is 2.67 bits per heavy atom. The molecule has 0 bridgehead atoms. The molecular weight excluding hydrogens is 323 g/mol. The van der Waals surface area contributed by atoms with Crippen LogP contribution in [0.25, 0.3) is 11.3 Å². The van der Waals surface area contributed by atoms with Crippen LogP contribution in [0.5, 0.6) is 0 Å². The molecular formula is C14H13ClNOY-. The molecule has 1 radical (unpaired) electrons. The number of pyridine rings is 1. The first kappa shape index (κ1) is 15.6. The summed E-state index contributed by atoms with van der Waals surface area (Å²) >= 11 is 5.93. The summed E-state index contributed by atoms with van der Waals surface area (Å²) in [5, 5.41) is 0.701. The van der Waals surface area contributed by atoms with Crippen LogP contribution in [-0.2, 0) is 39.3 Å². The van der Waals surface area contributed by atoms with Crippen LogP contribution in [0.2, 0.25) is 5.02 Å². The summed E-state index contributed by atoms with van der Waals surface area (Å²) in [6, 6.07) is 12.0. The molecule has 2 rings (SSSR count). The summed E-state index contributed by atoms with van der Waals surface area (Å²) < 4.78 is 1.70. The van der Waals surface area contributed by atoms with E-state index in [0.717, 1.165) is 16.8 Å². The van der Waals surface area contributed by atoms with Gasteiger partial charge in [0.15, 0.2) is 5.56 Å². The number of hydrogen-bond acceptors (Lipinski definition) is 1. The van der Waals surface area contributed by atoms with Crippen LogP contribution in [0, 0.1) is 13.0 Å². The van der Waals surface area contributed by atoms with E-state index in [1.165, 1.54) is 6.07 Å². The predicted molar refractivity (Wildman–Crippen MR) is 70.4 cm³/mol. The smallest absolute Gasteiger partial charge is 0.194 e. The average molecular weight is 336 g/mol. The zero-order chi connectivity index (χ0) is 12.4. The minimum atomic E-state index is -0.00407. The maximum Gasteiger partial charge on any atom is 0.194 e. The number of hydrogen-bond donors (Lipinski definition) is 0. The van der Waals surface area contributed by atoms with E-state index >= 15 is 0 Å². The summed E-state index contributed by atoms with van der Waals surface area (Å²) in [5.74, 6) is 0. The maximum atomic E-state index is 11.7. The molecule has 1 aromatic carbocycles. The van der Waals surface area contributed by atoms with Gasteiger partial charge < -0.3 is 4.57 Å². The standard InChI is InChI=1S/C14H13ClNO.Y/c1-3-16-13(5-4-6-14(16)17)12-8-7-11(15)9-10(12)2;/h4,6-9H,3H2,1-2H3;/q-1;. The van der Waals surface area contributed by atoms with Gasteiger partial charge in [0.2, 0.25) is 0 Å². The molecule has 4 heteroatoms. The van der Waals surface area contributed by atoms with Crippen LogP contribution >= 0.6 is 11.6 Å². The van der Waals surface area contributed by atoms with E-state index in [1.807, 2.05) is 32.0 Å². The van der Waals surface area contributed by atoms with E-state index < -0.39 is 0 Å². The van der Waals surface area contributed by atoms with Gasteiger partial charge in [0.1, 0.15) is 0 Å². The number of nitrogens with zero attached hydrogens (tertiary/aromatic N) is 1. The number of halogens is 1. The van der Waals surface area contributed by atoms with E-state index in [-0.39, 0.29) is 38.3 Å². The van der Waals surface area contributed by atoms with Crippen LogP contribution in [0.1, 0.15) is 12.5 Å².